The molecule has 7 heteroatoms. The molecule has 2 unspecified atom stereocenters. The van der Waals surface area contributed by atoms with E-state index >= 15 is 0 Å². The zero-order valence-electron chi connectivity index (χ0n) is 8.60. The van der Waals surface area contributed by atoms with Crippen molar-refractivity contribution in [1.29, 1.82) is 0 Å². The molecule has 88 valence electrons. The Morgan fingerprint density at radius 2 is 2.13 bits per heavy atom. The van der Waals surface area contributed by atoms with Crippen molar-refractivity contribution in [3.05, 3.63) is 0 Å². The summed E-state index contributed by atoms with van der Waals surface area (Å²) in [6.07, 6.45) is 0.868. The highest BCUT2D eigenvalue weighted by Gasteiger charge is 2.40. The number of likely N-dealkylation sites (N-methyl/N-ethyl adjacent to an activating group) is 1. The molecule has 2 fully saturated rings. The van der Waals surface area contributed by atoms with Crippen molar-refractivity contribution in [1.82, 2.24) is 9.21 Å². The lowest BCUT2D eigenvalue weighted by atomic mass is 10.0. The maximum absolute atomic E-state index is 11.4. The number of hydrogen-bond donors (Lipinski definition) is 0. The molecule has 0 radical (unpaired) electrons. The summed E-state index contributed by atoms with van der Waals surface area (Å²) in [4.78, 5) is 2.10. The van der Waals surface area contributed by atoms with E-state index in [1.807, 2.05) is 7.05 Å². The van der Waals surface area contributed by atoms with Crippen molar-refractivity contribution in [2.75, 3.05) is 33.3 Å². The van der Waals surface area contributed by atoms with Gasteiger partial charge in [0, 0.05) is 30.3 Å². The molecule has 0 spiro atoms. The zero-order valence-corrected chi connectivity index (χ0v) is 10.2. The fraction of sp³-hybridized carbons (Fsp3) is 1.00. The number of morpholine rings is 1. The van der Waals surface area contributed by atoms with Crippen LogP contribution < -0.4 is 0 Å². The van der Waals surface area contributed by atoms with Crippen molar-refractivity contribution >= 4 is 19.9 Å². The minimum absolute atomic E-state index is 0.00322. The van der Waals surface area contributed by atoms with Crippen LogP contribution in [0.5, 0.6) is 0 Å². The zero-order chi connectivity index (χ0) is 11.1. The Morgan fingerprint density at radius 1 is 1.40 bits per heavy atom. The SMILES string of the molecule is CN1CCC2OCCN(S(=O)(=O)Cl)C2C1. The number of piperidine rings is 1. The predicted octanol–water partition coefficient (Wildman–Crippen LogP) is -0.125. The summed E-state index contributed by atoms with van der Waals surface area (Å²) in [6, 6.07) is -0.125. The van der Waals surface area contributed by atoms with Gasteiger partial charge in [0.25, 0.3) is 9.24 Å². The largest absolute Gasteiger partial charge is 0.375 e. The van der Waals surface area contributed by atoms with E-state index in [4.69, 9.17) is 15.4 Å². The van der Waals surface area contributed by atoms with Crippen LogP contribution in [0.25, 0.3) is 0 Å². The Bertz CT molecular complexity index is 335. The number of ether oxygens (including phenoxy) is 1. The Balaban J connectivity index is 2.18. The second-order valence-electron chi connectivity index (χ2n) is 4.08. The first-order chi connectivity index (χ1) is 6.98. The van der Waals surface area contributed by atoms with Crippen LogP contribution in [0.15, 0.2) is 0 Å². The topological polar surface area (TPSA) is 49.9 Å². The second-order valence-corrected chi connectivity index (χ2v) is 6.54. The number of fused-ring (bicyclic) bond motifs is 1. The van der Waals surface area contributed by atoms with Crippen LogP contribution >= 0.6 is 10.7 Å². The first-order valence-corrected chi connectivity index (χ1v) is 7.26. The number of halogens is 1. The molecule has 2 heterocycles. The number of likely N-dealkylation sites (tertiary alicyclic amines) is 1. The van der Waals surface area contributed by atoms with Gasteiger partial charge < -0.3 is 9.64 Å². The molecule has 0 aromatic rings. The van der Waals surface area contributed by atoms with Gasteiger partial charge in [0.05, 0.1) is 18.8 Å². The van der Waals surface area contributed by atoms with E-state index in [0.29, 0.717) is 19.7 Å². The van der Waals surface area contributed by atoms with Crippen LogP contribution in [0.1, 0.15) is 6.42 Å². The fourth-order valence-corrected chi connectivity index (χ4v) is 3.60. The summed E-state index contributed by atoms with van der Waals surface area (Å²) in [5.41, 5.74) is 0. The van der Waals surface area contributed by atoms with Crippen molar-refractivity contribution in [3.8, 4) is 0 Å². The summed E-state index contributed by atoms with van der Waals surface area (Å²) in [6.45, 7) is 2.44. The van der Waals surface area contributed by atoms with E-state index in [-0.39, 0.29) is 12.1 Å². The van der Waals surface area contributed by atoms with Gasteiger partial charge in [0.1, 0.15) is 0 Å². The van der Waals surface area contributed by atoms with Gasteiger partial charge >= 0.3 is 0 Å². The Hall–Kier alpha value is 0.120. The van der Waals surface area contributed by atoms with Crippen LogP contribution in [0, 0.1) is 0 Å². The van der Waals surface area contributed by atoms with E-state index in [2.05, 4.69) is 4.90 Å². The maximum Gasteiger partial charge on any atom is 0.300 e. The summed E-state index contributed by atoms with van der Waals surface area (Å²) in [5, 5.41) is 0. The average Bonchev–Trinajstić information content (AvgIpc) is 2.15. The fourth-order valence-electron chi connectivity index (χ4n) is 2.27. The van der Waals surface area contributed by atoms with E-state index < -0.39 is 9.24 Å². The first-order valence-electron chi connectivity index (χ1n) is 5.00. The standard InChI is InChI=1S/C8H15ClN2O3S/c1-10-3-2-8-7(6-10)11(4-5-14-8)15(9,12)13/h7-8H,2-6H2,1H3. The van der Waals surface area contributed by atoms with Crippen molar-refractivity contribution < 1.29 is 13.2 Å². The quantitative estimate of drug-likeness (QED) is 0.612. The molecular formula is C8H15ClN2O3S. The van der Waals surface area contributed by atoms with Gasteiger partial charge in [-0.3, -0.25) is 0 Å². The molecule has 0 N–H and O–H groups in total. The van der Waals surface area contributed by atoms with E-state index in [0.717, 1.165) is 13.0 Å². The molecule has 0 bridgehead atoms. The third-order valence-corrected chi connectivity index (χ3v) is 4.56. The smallest absolute Gasteiger partial charge is 0.300 e. The van der Waals surface area contributed by atoms with Gasteiger partial charge in [0.2, 0.25) is 0 Å². The highest BCUT2D eigenvalue weighted by atomic mass is 35.7. The molecule has 0 aromatic carbocycles. The van der Waals surface area contributed by atoms with Crippen LogP contribution in [-0.2, 0) is 14.0 Å². The van der Waals surface area contributed by atoms with E-state index in [1.54, 1.807) is 0 Å². The minimum Gasteiger partial charge on any atom is -0.375 e. The molecule has 0 aromatic heterocycles. The predicted molar refractivity (Wildman–Crippen MR) is 57.1 cm³/mol. The molecule has 0 amide bonds. The van der Waals surface area contributed by atoms with Gasteiger partial charge in [-0.25, -0.2) is 0 Å². The van der Waals surface area contributed by atoms with Gasteiger partial charge in [-0.1, -0.05) is 0 Å². The number of rotatable bonds is 1. The van der Waals surface area contributed by atoms with Gasteiger partial charge in [-0.15, -0.1) is 0 Å². The molecule has 5 nitrogen and oxygen atoms in total. The summed E-state index contributed by atoms with van der Waals surface area (Å²) < 4.78 is 29.7. The Labute approximate surface area is 94.5 Å². The number of nitrogens with zero attached hydrogens (tertiary/aromatic N) is 2. The maximum atomic E-state index is 11.4. The summed E-state index contributed by atoms with van der Waals surface area (Å²) >= 11 is 0. The summed E-state index contributed by atoms with van der Waals surface area (Å²) in [7, 11) is 3.76. The Kier molecular flexibility index (Phi) is 3.23. The molecular weight excluding hydrogens is 240 g/mol. The highest BCUT2D eigenvalue weighted by molar-refractivity contribution is 8.11. The van der Waals surface area contributed by atoms with Gasteiger partial charge in [-0.05, 0) is 13.5 Å². The highest BCUT2D eigenvalue weighted by Crippen LogP contribution is 2.25. The van der Waals surface area contributed by atoms with Crippen molar-refractivity contribution in [2.45, 2.75) is 18.6 Å². The molecule has 2 aliphatic rings. The lowest BCUT2D eigenvalue weighted by molar-refractivity contribution is -0.0713. The molecule has 2 saturated heterocycles. The third-order valence-electron chi connectivity index (χ3n) is 3.02. The monoisotopic (exact) mass is 254 g/mol. The normalized spacial score (nSPS) is 35.1. The second kappa shape index (κ2) is 4.18. The molecule has 2 rings (SSSR count). The first kappa shape index (κ1) is 11.6. The third kappa shape index (κ3) is 2.45. The molecule has 0 aliphatic carbocycles. The van der Waals surface area contributed by atoms with Crippen LogP contribution in [0.3, 0.4) is 0 Å². The van der Waals surface area contributed by atoms with Crippen LogP contribution in [0.4, 0.5) is 0 Å². The molecule has 2 atom stereocenters. The van der Waals surface area contributed by atoms with Crippen molar-refractivity contribution in [2.24, 2.45) is 0 Å². The molecule has 2 aliphatic heterocycles. The summed E-state index contributed by atoms with van der Waals surface area (Å²) in [5.74, 6) is 0. The van der Waals surface area contributed by atoms with Gasteiger partial charge in [0.15, 0.2) is 0 Å². The van der Waals surface area contributed by atoms with Crippen molar-refractivity contribution in [3.63, 3.8) is 0 Å². The van der Waals surface area contributed by atoms with Crippen LogP contribution in [0.2, 0.25) is 0 Å². The Morgan fingerprint density at radius 3 is 2.80 bits per heavy atom. The van der Waals surface area contributed by atoms with Gasteiger partial charge in [-0.2, -0.15) is 12.7 Å². The van der Waals surface area contributed by atoms with E-state index in [1.165, 1.54) is 4.31 Å². The lowest BCUT2D eigenvalue weighted by Crippen LogP contribution is -2.59. The van der Waals surface area contributed by atoms with E-state index in [9.17, 15) is 8.42 Å². The minimum atomic E-state index is -3.62. The molecule has 15 heavy (non-hydrogen) atoms. The lowest BCUT2D eigenvalue weighted by Gasteiger charge is -2.44. The average molecular weight is 255 g/mol. The van der Waals surface area contributed by atoms with Crippen LogP contribution in [-0.4, -0.2) is 63.1 Å². The molecule has 0 saturated carbocycles. The number of hydrogen-bond acceptors (Lipinski definition) is 4.